The molecule has 4 aromatic rings. The number of nitrogens with one attached hydrogen (secondary N) is 2. The molecule has 2 N–H and O–H groups in total. The second-order valence-electron chi connectivity index (χ2n) is 11.1. The number of fused-ring (bicyclic) bond motifs is 1. The molecule has 2 amide bonds. The van der Waals surface area contributed by atoms with Gasteiger partial charge in [-0.25, -0.2) is 4.79 Å². The zero-order valence-corrected chi connectivity index (χ0v) is 23.8. The van der Waals surface area contributed by atoms with E-state index in [9.17, 15) is 9.59 Å². The summed E-state index contributed by atoms with van der Waals surface area (Å²) in [4.78, 5) is 30.6. The summed E-state index contributed by atoms with van der Waals surface area (Å²) in [5, 5.41) is 6.61. The Balaban J connectivity index is 1.44. The molecule has 3 aromatic carbocycles. The number of methoxy groups -OCH3 is 1. The topological polar surface area (TPSA) is 98.8 Å². The molecule has 0 atom stereocenters. The molecular weight excluding hydrogens is 518 g/mol. The maximum atomic E-state index is 13.5. The average molecular weight is 554 g/mol. The van der Waals surface area contributed by atoms with E-state index in [1.54, 1.807) is 40.1 Å². The van der Waals surface area contributed by atoms with Crippen molar-refractivity contribution in [1.82, 2.24) is 4.98 Å². The average Bonchev–Trinajstić information content (AvgIpc) is 3.78. The van der Waals surface area contributed by atoms with E-state index in [0.29, 0.717) is 36.1 Å². The number of aromatic nitrogens is 1. The van der Waals surface area contributed by atoms with Crippen LogP contribution < -0.4 is 15.4 Å². The summed E-state index contributed by atoms with van der Waals surface area (Å²) in [7, 11) is 1.65. The van der Waals surface area contributed by atoms with Gasteiger partial charge in [0.05, 0.1) is 29.1 Å². The summed E-state index contributed by atoms with van der Waals surface area (Å²) >= 11 is 0. The number of anilines is 2. The normalized spacial score (nSPS) is 13.1. The van der Waals surface area contributed by atoms with Crippen molar-refractivity contribution >= 4 is 34.3 Å². The molecule has 0 unspecified atom stereocenters. The Morgan fingerprint density at radius 1 is 0.902 bits per heavy atom. The Bertz CT molecular complexity index is 1560. The highest BCUT2D eigenvalue weighted by Crippen LogP contribution is 2.45. The van der Waals surface area contributed by atoms with E-state index in [0.717, 1.165) is 46.2 Å². The van der Waals surface area contributed by atoms with E-state index < -0.39 is 11.7 Å². The van der Waals surface area contributed by atoms with Crippen molar-refractivity contribution in [3.63, 3.8) is 0 Å². The van der Waals surface area contributed by atoms with E-state index in [1.165, 1.54) is 0 Å². The standard InChI is InChI=1S/C33H35N3O5/c1-33(2,3)41-32(38)36-27-13-12-23(21-8-6-5-7-9-21)18-29(27)35-31(37)25-16-24-17-26(22-10-11-22)30(40-15-14-39-4)19-28(24)34-20-25/h5-9,12-13,16-20,22H,10-11,14-15H2,1-4H3,(H,35,37)(H,36,38). The molecular formula is C33H35N3O5. The van der Waals surface area contributed by atoms with Crippen LogP contribution >= 0.6 is 0 Å². The molecule has 1 aliphatic rings. The van der Waals surface area contributed by atoms with Crippen LogP contribution in [0.25, 0.3) is 22.0 Å². The number of hydrogen-bond donors (Lipinski definition) is 2. The van der Waals surface area contributed by atoms with E-state index >= 15 is 0 Å². The van der Waals surface area contributed by atoms with Crippen molar-refractivity contribution in [3.8, 4) is 16.9 Å². The predicted octanol–water partition coefficient (Wildman–Crippen LogP) is 7.40. The van der Waals surface area contributed by atoms with E-state index in [2.05, 4.69) is 21.7 Å². The molecule has 1 fully saturated rings. The van der Waals surface area contributed by atoms with Gasteiger partial charge in [0.2, 0.25) is 0 Å². The Labute approximate surface area is 240 Å². The monoisotopic (exact) mass is 553 g/mol. The third-order valence-electron chi connectivity index (χ3n) is 6.65. The summed E-state index contributed by atoms with van der Waals surface area (Å²) in [6.45, 7) is 6.35. The fourth-order valence-corrected chi connectivity index (χ4v) is 4.55. The van der Waals surface area contributed by atoms with Gasteiger partial charge in [0.25, 0.3) is 5.91 Å². The van der Waals surface area contributed by atoms with Gasteiger partial charge in [-0.15, -0.1) is 0 Å². The van der Waals surface area contributed by atoms with Gasteiger partial charge in [-0.1, -0.05) is 36.4 Å². The van der Waals surface area contributed by atoms with Crippen molar-refractivity contribution in [2.45, 2.75) is 45.1 Å². The summed E-state index contributed by atoms with van der Waals surface area (Å²) in [5.74, 6) is 0.930. The van der Waals surface area contributed by atoms with Gasteiger partial charge in [0.15, 0.2) is 0 Å². The van der Waals surface area contributed by atoms with Gasteiger partial charge >= 0.3 is 6.09 Å². The molecule has 41 heavy (non-hydrogen) atoms. The Hall–Kier alpha value is -4.43. The maximum absolute atomic E-state index is 13.5. The fraction of sp³-hybridized carbons (Fsp3) is 0.303. The van der Waals surface area contributed by atoms with Crippen LogP contribution in [0, 0.1) is 0 Å². The highest BCUT2D eigenvalue weighted by Gasteiger charge is 2.28. The minimum absolute atomic E-state index is 0.342. The number of benzene rings is 3. The summed E-state index contributed by atoms with van der Waals surface area (Å²) < 4.78 is 16.5. The van der Waals surface area contributed by atoms with E-state index in [-0.39, 0.29) is 5.91 Å². The summed E-state index contributed by atoms with van der Waals surface area (Å²) in [6, 6.07) is 21.1. The molecule has 0 saturated heterocycles. The van der Waals surface area contributed by atoms with Crippen molar-refractivity contribution in [3.05, 3.63) is 84.1 Å². The van der Waals surface area contributed by atoms with Crippen LogP contribution in [0.2, 0.25) is 0 Å². The molecule has 8 heteroatoms. The molecule has 1 aliphatic carbocycles. The third kappa shape index (κ3) is 7.21. The van der Waals surface area contributed by atoms with Crippen LogP contribution in [-0.4, -0.2) is 42.9 Å². The predicted molar refractivity (Wildman–Crippen MR) is 161 cm³/mol. The smallest absolute Gasteiger partial charge is 0.412 e. The molecule has 0 bridgehead atoms. The van der Waals surface area contributed by atoms with Gasteiger partial charge in [-0.3, -0.25) is 15.1 Å². The first-order chi connectivity index (χ1) is 19.7. The van der Waals surface area contributed by atoms with Gasteiger partial charge in [0.1, 0.15) is 18.0 Å². The lowest BCUT2D eigenvalue weighted by atomic mass is 10.0. The highest BCUT2D eigenvalue weighted by atomic mass is 16.6. The first-order valence-corrected chi connectivity index (χ1v) is 13.8. The first-order valence-electron chi connectivity index (χ1n) is 13.8. The number of ether oxygens (including phenoxy) is 3. The van der Waals surface area contributed by atoms with Crippen molar-refractivity contribution in [2.75, 3.05) is 31.0 Å². The zero-order chi connectivity index (χ0) is 29.0. The lowest BCUT2D eigenvalue weighted by Crippen LogP contribution is -2.27. The van der Waals surface area contributed by atoms with Crippen molar-refractivity contribution in [2.24, 2.45) is 0 Å². The molecule has 212 valence electrons. The molecule has 0 spiro atoms. The van der Waals surface area contributed by atoms with Crippen LogP contribution in [0.15, 0.2) is 72.9 Å². The van der Waals surface area contributed by atoms with E-state index in [4.69, 9.17) is 14.2 Å². The lowest BCUT2D eigenvalue weighted by molar-refractivity contribution is 0.0635. The highest BCUT2D eigenvalue weighted by molar-refractivity contribution is 6.08. The molecule has 0 aliphatic heterocycles. The number of carbonyl (C=O) groups is 2. The van der Waals surface area contributed by atoms with Crippen molar-refractivity contribution in [1.29, 1.82) is 0 Å². The van der Waals surface area contributed by atoms with Crippen LogP contribution in [0.4, 0.5) is 16.2 Å². The lowest BCUT2D eigenvalue weighted by Gasteiger charge is -2.21. The van der Waals surface area contributed by atoms with Crippen LogP contribution in [0.1, 0.15) is 55.5 Å². The van der Waals surface area contributed by atoms with E-state index in [1.807, 2.05) is 54.6 Å². The number of carbonyl (C=O) groups excluding carboxylic acids is 2. The third-order valence-corrected chi connectivity index (χ3v) is 6.65. The summed E-state index contributed by atoms with van der Waals surface area (Å²) in [5.41, 5.74) is 4.36. The van der Waals surface area contributed by atoms with Gasteiger partial charge in [0, 0.05) is 24.8 Å². The van der Waals surface area contributed by atoms with Crippen LogP contribution in [-0.2, 0) is 9.47 Å². The van der Waals surface area contributed by atoms with Crippen LogP contribution in [0.3, 0.4) is 0 Å². The molecule has 8 nitrogen and oxygen atoms in total. The molecule has 1 saturated carbocycles. The molecule has 0 radical (unpaired) electrons. The molecule has 1 aromatic heterocycles. The largest absolute Gasteiger partial charge is 0.491 e. The minimum Gasteiger partial charge on any atom is -0.491 e. The second-order valence-corrected chi connectivity index (χ2v) is 11.1. The first kappa shape index (κ1) is 28.1. The van der Waals surface area contributed by atoms with Gasteiger partial charge < -0.3 is 19.5 Å². The minimum atomic E-state index is -0.664. The maximum Gasteiger partial charge on any atom is 0.412 e. The number of hydrogen-bond acceptors (Lipinski definition) is 6. The van der Waals surface area contributed by atoms with Gasteiger partial charge in [-0.2, -0.15) is 0 Å². The summed E-state index contributed by atoms with van der Waals surface area (Å²) in [6.07, 6.45) is 3.18. The van der Waals surface area contributed by atoms with Crippen LogP contribution in [0.5, 0.6) is 5.75 Å². The second kappa shape index (κ2) is 12.0. The number of pyridine rings is 1. The Morgan fingerprint density at radius 3 is 2.39 bits per heavy atom. The molecule has 5 rings (SSSR count). The quantitative estimate of drug-likeness (QED) is 0.210. The fourth-order valence-electron chi connectivity index (χ4n) is 4.55. The number of rotatable bonds is 9. The zero-order valence-electron chi connectivity index (χ0n) is 23.8. The number of amides is 2. The SMILES string of the molecule is COCCOc1cc2ncc(C(=O)Nc3cc(-c4ccccc4)ccc3NC(=O)OC(C)(C)C)cc2cc1C1CC1. The Kier molecular flexibility index (Phi) is 8.21. The Morgan fingerprint density at radius 2 is 1.68 bits per heavy atom. The van der Waals surface area contributed by atoms with Gasteiger partial charge in [-0.05, 0) is 80.5 Å². The molecule has 1 heterocycles. The van der Waals surface area contributed by atoms with Crippen molar-refractivity contribution < 1.29 is 23.8 Å². The number of nitrogens with zero attached hydrogens (tertiary/aromatic N) is 1.